The Bertz CT molecular complexity index is 764. The molecule has 1 unspecified atom stereocenters. The van der Waals surface area contributed by atoms with E-state index in [9.17, 15) is 9.59 Å². The van der Waals surface area contributed by atoms with Gasteiger partial charge in [0.15, 0.2) is 6.67 Å². The zero-order valence-electron chi connectivity index (χ0n) is 13.5. The molecule has 1 saturated heterocycles. The third-order valence-electron chi connectivity index (χ3n) is 4.16. The van der Waals surface area contributed by atoms with Crippen LogP contribution < -0.4 is 10.2 Å². The first-order valence-electron chi connectivity index (χ1n) is 7.65. The van der Waals surface area contributed by atoms with Crippen LogP contribution in [0.4, 0.5) is 4.79 Å². The molecule has 2 heterocycles. The number of thiophene rings is 1. The van der Waals surface area contributed by atoms with Gasteiger partial charge >= 0.3 is 6.03 Å². The topological polar surface area (TPSA) is 53.9 Å². The number of nitrogens with zero attached hydrogens (tertiary/aromatic N) is 1. The molecule has 2 atom stereocenters. The molecule has 0 aliphatic carbocycles. The maximum absolute atomic E-state index is 12.9. The Kier molecular flexibility index (Phi) is 4.76. The van der Waals surface area contributed by atoms with E-state index in [4.69, 9.17) is 0 Å². The van der Waals surface area contributed by atoms with Crippen molar-refractivity contribution in [1.82, 2.24) is 10.2 Å². The number of carbonyl (C=O) groups is 2. The predicted octanol–water partition coefficient (Wildman–Crippen LogP) is 1.95. The van der Waals surface area contributed by atoms with E-state index in [0.29, 0.717) is 6.67 Å². The molecule has 1 aliphatic heterocycles. The normalized spacial score (nSPS) is 21.9. The second kappa shape index (κ2) is 6.66. The highest BCUT2D eigenvalue weighted by Crippen LogP contribution is 2.28. The minimum absolute atomic E-state index is 0.203. The maximum Gasteiger partial charge on any atom is 0.329 e. The van der Waals surface area contributed by atoms with E-state index in [0.717, 1.165) is 20.8 Å². The maximum atomic E-state index is 12.9. The average molecular weight is 409 g/mol. The number of imide groups is 1. The van der Waals surface area contributed by atoms with Crippen LogP contribution in [0.5, 0.6) is 0 Å². The van der Waals surface area contributed by atoms with Crippen molar-refractivity contribution in [2.24, 2.45) is 0 Å². The fraction of sp³-hybridized carbons (Fsp3) is 0.294. The monoisotopic (exact) mass is 408 g/mol. The van der Waals surface area contributed by atoms with Crippen LogP contribution >= 0.6 is 27.3 Å². The minimum Gasteiger partial charge on any atom is -0.319 e. The molecular weight excluding hydrogens is 390 g/mol. The molecule has 0 radical (unpaired) electrons. The van der Waals surface area contributed by atoms with Crippen LogP contribution in [0.25, 0.3) is 0 Å². The summed E-state index contributed by atoms with van der Waals surface area (Å²) in [7, 11) is 1.98. The van der Waals surface area contributed by atoms with Gasteiger partial charge in [-0.3, -0.25) is 4.79 Å². The quantitative estimate of drug-likeness (QED) is 0.742. The van der Waals surface area contributed by atoms with E-state index in [1.807, 2.05) is 43.4 Å². The van der Waals surface area contributed by atoms with Gasteiger partial charge in [0.2, 0.25) is 0 Å². The Balaban J connectivity index is 1.72. The molecule has 1 aliphatic rings. The van der Waals surface area contributed by atoms with Gasteiger partial charge in [0.25, 0.3) is 5.91 Å². The summed E-state index contributed by atoms with van der Waals surface area (Å²) in [5, 5.41) is 2.84. The van der Waals surface area contributed by atoms with Crippen LogP contribution in [0, 0.1) is 0 Å². The largest absolute Gasteiger partial charge is 0.329 e. The first-order chi connectivity index (χ1) is 11.4. The minimum atomic E-state index is -0.995. The molecular formula is C17H19BrN3O2S+. The van der Waals surface area contributed by atoms with Crippen LogP contribution in [0.15, 0.2) is 46.3 Å². The van der Waals surface area contributed by atoms with Crippen LogP contribution in [0.2, 0.25) is 0 Å². The van der Waals surface area contributed by atoms with Crippen LogP contribution in [0.1, 0.15) is 17.4 Å². The number of nitrogens with one attached hydrogen (secondary N) is 2. The summed E-state index contributed by atoms with van der Waals surface area (Å²) in [6, 6.07) is 13.1. The number of urea groups is 1. The number of carbonyl (C=O) groups excluding carboxylic acids is 2. The van der Waals surface area contributed by atoms with Gasteiger partial charge in [-0.05, 0) is 40.5 Å². The van der Waals surface area contributed by atoms with Crippen molar-refractivity contribution in [1.29, 1.82) is 0 Å². The molecule has 1 aromatic carbocycles. The standard InChI is InChI=1S/C17H18BrN3O2S/c1-17(12-6-4-3-5-7-12)15(22)21(16(23)19-17)11-20(2)10-13-8-9-14(18)24-13/h3-9H,10-11H2,1-2H3,(H,19,23)/p+1/t17-/m0/s1. The van der Waals surface area contributed by atoms with Crippen LogP contribution in [-0.4, -0.2) is 30.6 Å². The zero-order chi connectivity index (χ0) is 17.3. The molecule has 24 heavy (non-hydrogen) atoms. The summed E-state index contributed by atoms with van der Waals surface area (Å²) in [4.78, 5) is 28.8. The number of rotatable bonds is 5. The van der Waals surface area contributed by atoms with Crippen molar-refractivity contribution < 1.29 is 14.5 Å². The smallest absolute Gasteiger partial charge is 0.319 e. The predicted molar refractivity (Wildman–Crippen MR) is 96.6 cm³/mol. The summed E-state index contributed by atoms with van der Waals surface area (Å²) in [6.45, 7) is 2.85. The fourth-order valence-corrected chi connectivity index (χ4v) is 4.47. The van der Waals surface area contributed by atoms with Crippen molar-refractivity contribution in [2.45, 2.75) is 19.0 Å². The fourth-order valence-electron chi connectivity index (χ4n) is 2.88. The zero-order valence-corrected chi connectivity index (χ0v) is 15.9. The van der Waals surface area contributed by atoms with Crippen molar-refractivity contribution in [2.75, 3.05) is 13.7 Å². The average Bonchev–Trinajstić information content (AvgIpc) is 3.05. The number of amides is 3. The van der Waals surface area contributed by atoms with E-state index in [-0.39, 0.29) is 11.9 Å². The second-order valence-electron chi connectivity index (χ2n) is 6.15. The number of hydrogen-bond donors (Lipinski definition) is 2. The van der Waals surface area contributed by atoms with Crippen molar-refractivity contribution in [3.63, 3.8) is 0 Å². The van der Waals surface area contributed by atoms with E-state index < -0.39 is 5.54 Å². The van der Waals surface area contributed by atoms with Gasteiger partial charge in [-0.25, -0.2) is 9.69 Å². The molecule has 2 aromatic rings. The number of hydrogen-bond acceptors (Lipinski definition) is 3. The summed E-state index contributed by atoms with van der Waals surface area (Å²) in [5.41, 5.74) is -0.199. The summed E-state index contributed by atoms with van der Waals surface area (Å²) >= 11 is 5.11. The van der Waals surface area contributed by atoms with E-state index in [1.54, 1.807) is 18.3 Å². The van der Waals surface area contributed by atoms with Gasteiger partial charge in [-0.1, -0.05) is 30.3 Å². The second-order valence-corrected chi connectivity index (χ2v) is 8.70. The first kappa shape index (κ1) is 17.1. The third kappa shape index (κ3) is 3.24. The molecule has 0 saturated carbocycles. The van der Waals surface area contributed by atoms with E-state index >= 15 is 0 Å². The van der Waals surface area contributed by atoms with Gasteiger partial charge in [0, 0.05) is 0 Å². The van der Waals surface area contributed by atoms with Gasteiger partial charge < -0.3 is 10.2 Å². The van der Waals surface area contributed by atoms with Crippen molar-refractivity contribution >= 4 is 39.2 Å². The van der Waals surface area contributed by atoms with E-state index in [2.05, 4.69) is 27.3 Å². The highest BCUT2D eigenvalue weighted by molar-refractivity contribution is 9.11. The molecule has 2 N–H and O–H groups in total. The number of halogens is 1. The molecule has 5 nitrogen and oxygen atoms in total. The Labute approximate surface area is 153 Å². The van der Waals surface area contributed by atoms with Gasteiger partial charge in [0.1, 0.15) is 12.1 Å². The Morgan fingerprint density at radius 3 is 2.54 bits per heavy atom. The molecule has 1 aromatic heterocycles. The lowest BCUT2D eigenvalue weighted by atomic mass is 9.92. The molecule has 3 amide bonds. The number of benzene rings is 1. The van der Waals surface area contributed by atoms with Gasteiger partial charge in [-0.15, -0.1) is 11.3 Å². The van der Waals surface area contributed by atoms with Crippen LogP contribution in [-0.2, 0) is 16.9 Å². The summed E-state index contributed by atoms with van der Waals surface area (Å²) < 4.78 is 1.08. The van der Waals surface area contributed by atoms with Gasteiger partial charge in [-0.2, -0.15) is 0 Å². The van der Waals surface area contributed by atoms with Crippen LogP contribution in [0.3, 0.4) is 0 Å². The highest BCUT2D eigenvalue weighted by atomic mass is 79.9. The molecule has 3 rings (SSSR count). The lowest BCUT2D eigenvalue weighted by Gasteiger charge is -2.23. The van der Waals surface area contributed by atoms with Crippen molar-refractivity contribution in [3.05, 3.63) is 56.7 Å². The molecule has 126 valence electrons. The molecule has 1 fully saturated rings. The lowest BCUT2D eigenvalue weighted by Crippen LogP contribution is -3.09. The summed E-state index contributed by atoms with van der Waals surface area (Å²) in [5.74, 6) is -0.203. The Hall–Kier alpha value is -1.70. The van der Waals surface area contributed by atoms with Gasteiger partial charge in [0.05, 0.1) is 15.7 Å². The summed E-state index contributed by atoms with van der Waals surface area (Å²) in [6.07, 6.45) is 0. The van der Waals surface area contributed by atoms with Crippen molar-refractivity contribution in [3.8, 4) is 0 Å². The molecule has 0 spiro atoms. The Morgan fingerprint density at radius 2 is 1.92 bits per heavy atom. The number of quaternary nitrogens is 1. The highest BCUT2D eigenvalue weighted by Gasteiger charge is 2.49. The van der Waals surface area contributed by atoms with E-state index in [1.165, 1.54) is 9.78 Å². The Morgan fingerprint density at radius 1 is 1.21 bits per heavy atom. The lowest BCUT2D eigenvalue weighted by molar-refractivity contribution is -0.900. The third-order valence-corrected chi connectivity index (χ3v) is 5.78. The first-order valence-corrected chi connectivity index (χ1v) is 9.26. The SMILES string of the molecule is C[NH+](Cc1ccc(Br)s1)CN1C(=O)N[C@@](C)(c2ccccc2)C1=O. The molecule has 0 bridgehead atoms. The molecule has 7 heteroatoms.